The zero-order valence-electron chi connectivity index (χ0n) is 7.57. The Morgan fingerprint density at radius 1 is 1.62 bits per heavy atom. The topological polar surface area (TPSA) is 48.1 Å². The third-order valence-electron chi connectivity index (χ3n) is 1.57. The van der Waals surface area contributed by atoms with Gasteiger partial charge in [0.05, 0.1) is 6.61 Å². The molecule has 0 aliphatic carbocycles. The summed E-state index contributed by atoms with van der Waals surface area (Å²) in [7, 11) is 0. The Hall–Kier alpha value is -1.51. The minimum Gasteiger partial charge on any atom is -0.493 e. The van der Waals surface area contributed by atoms with Crippen molar-refractivity contribution in [2.45, 2.75) is 12.8 Å². The monoisotopic (exact) mass is 178 g/mol. The van der Waals surface area contributed by atoms with Crippen LogP contribution in [-0.2, 0) is 0 Å². The van der Waals surface area contributed by atoms with Gasteiger partial charge < -0.3 is 10.5 Å². The van der Waals surface area contributed by atoms with Gasteiger partial charge in [-0.1, -0.05) is 6.08 Å². The first-order chi connectivity index (χ1) is 6.33. The highest BCUT2D eigenvalue weighted by molar-refractivity contribution is 5.35. The Kier molecular flexibility index (Phi) is 3.82. The molecule has 1 rings (SSSR count). The summed E-state index contributed by atoms with van der Waals surface area (Å²) in [5.74, 6) is 1.26. The van der Waals surface area contributed by atoms with Crippen molar-refractivity contribution >= 4 is 5.82 Å². The summed E-state index contributed by atoms with van der Waals surface area (Å²) in [5, 5.41) is 0. The first-order valence-electron chi connectivity index (χ1n) is 4.28. The molecule has 0 atom stereocenters. The lowest BCUT2D eigenvalue weighted by atomic mass is 10.3. The number of ether oxygens (including phenoxy) is 1. The summed E-state index contributed by atoms with van der Waals surface area (Å²) in [4.78, 5) is 3.87. The van der Waals surface area contributed by atoms with Crippen molar-refractivity contribution in [1.29, 1.82) is 0 Å². The lowest BCUT2D eigenvalue weighted by Crippen LogP contribution is -1.98. The van der Waals surface area contributed by atoms with Crippen molar-refractivity contribution in [1.82, 2.24) is 4.98 Å². The van der Waals surface area contributed by atoms with Gasteiger partial charge in [-0.2, -0.15) is 0 Å². The van der Waals surface area contributed by atoms with Crippen molar-refractivity contribution in [3.8, 4) is 5.75 Å². The summed E-state index contributed by atoms with van der Waals surface area (Å²) in [6.45, 7) is 4.32. The summed E-state index contributed by atoms with van der Waals surface area (Å²) in [5.41, 5.74) is 5.48. The van der Waals surface area contributed by atoms with E-state index < -0.39 is 0 Å². The highest BCUT2D eigenvalue weighted by Gasteiger charge is 1.93. The van der Waals surface area contributed by atoms with Gasteiger partial charge in [-0.25, -0.2) is 4.98 Å². The van der Waals surface area contributed by atoms with Crippen molar-refractivity contribution < 1.29 is 4.74 Å². The zero-order chi connectivity index (χ0) is 9.52. The van der Waals surface area contributed by atoms with Crippen molar-refractivity contribution in [2.24, 2.45) is 0 Å². The molecule has 0 aliphatic heterocycles. The van der Waals surface area contributed by atoms with Crippen LogP contribution in [-0.4, -0.2) is 11.6 Å². The van der Waals surface area contributed by atoms with E-state index in [1.807, 2.05) is 6.08 Å². The smallest absolute Gasteiger partial charge is 0.126 e. The van der Waals surface area contributed by atoms with Gasteiger partial charge in [0, 0.05) is 12.3 Å². The average molecular weight is 178 g/mol. The predicted octanol–water partition coefficient (Wildman–Crippen LogP) is 2.01. The van der Waals surface area contributed by atoms with Crippen LogP contribution in [0.15, 0.2) is 31.0 Å². The molecule has 0 spiro atoms. The predicted molar refractivity (Wildman–Crippen MR) is 53.6 cm³/mol. The van der Waals surface area contributed by atoms with Crippen LogP contribution in [0.4, 0.5) is 5.82 Å². The fourth-order valence-corrected chi connectivity index (χ4v) is 0.935. The second-order valence-corrected chi connectivity index (χ2v) is 2.70. The number of rotatable bonds is 5. The summed E-state index contributed by atoms with van der Waals surface area (Å²) < 4.78 is 5.42. The molecule has 0 aliphatic rings. The molecule has 0 fully saturated rings. The second kappa shape index (κ2) is 5.19. The van der Waals surface area contributed by atoms with E-state index in [0.29, 0.717) is 12.4 Å². The molecule has 0 bridgehead atoms. The van der Waals surface area contributed by atoms with Gasteiger partial charge in [0.1, 0.15) is 11.6 Å². The number of anilines is 1. The van der Waals surface area contributed by atoms with Crippen molar-refractivity contribution in [2.75, 3.05) is 12.3 Å². The molecule has 3 heteroatoms. The Morgan fingerprint density at radius 2 is 2.46 bits per heavy atom. The number of hydrogen-bond donors (Lipinski definition) is 1. The van der Waals surface area contributed by atoms with Gasteiger partial charge in [-0.15, -0.1) is 6.58 Å². The van der Waals surface area contributed by atoms with Crippen LogP contribution in [0.3, 0.4) is 0 Å². The minimum atomic E-state index is 0.487. The van der Waals surface area contributed by atoms with Crippen LogP contribution in [0.25, 0.3) is 0 Å². The highest BCUT2D eigenvalue weighted by atomic mass is 16.5. The molecule has 0 unspecified atom stereocenters. The van der Waals surface area contributed by atoms with E-state index in [1.54, 1.807) is 18.3 Å². The maximum Gasteiger partial charge on any atom is 0.126 e. The van der Waals surface area contributed by atoms with Crippen LogP contribution in [0, 0.1) is 0 Å². The molecule has 1 aromatic rings. The van der Waals surface area contributed by atoms with Crippen LogP contribution in [0.1, 0.15) is 12.8 Å². The Labute approximate surface area is 78.2 Å². The van der Waals surface area contributed by atoms with Crippen LogP contribution >= 0.6 is 0 Å². The van der Waals surface area contributed by atoms with Crippen molar-refractivity contribution in [3.63, 3.8) is 0 Å². The average Bonchev–Trinajstić information content (AvgIpc) is 2.13. The molecular weight excluding hydrogens is 164 g/mol. The van der Waals surface area contributed by atoms with Gasteiger partial charge in [0.2, 0.25) is 0 Å². The summed E-state index contributed by atoms with van der Waals surface area (Å²) in [6, 6.07) is 3.51. The maximum absolute atomic E-state index is 5.48. The number of pyridine rings is 1. The van der Waals surface area contributed by atoms with Gasteiger partial charge in [0.25, 0.3) is 0 Å². The maximum atomic E-state index is 5.48. The number of aromatic nitrogens is 1. The molecule has 0 aromatic carbocycles. The second-order valence-electron chi connectivity index (χ2n) is 2.70. The van der Waals surface area contributed by atoms with Crippen LogP contribution < -0.4 is 10.5 Å². The summed E-state index contributed by atoms with van der Waals surface area (Å²) >= 11 is 0. The summed E-state index contributed by atoms with van der Waals surface area (Å²) in [6.07, 6.45) is 5.47. The number of nitrogens with two attached hydrogens (primary N) is 1. The molecule has 13 heavy (non-hydrogen) atoms. The largest absolute Gasteiger partial charge is 0.493 e. The van der Waals surface area contributed by atoms with E-state index >= 15 is 0 Å². The first-order valence-corrected chi connectivity index (χ1v) is 4.28. The standard InChI is InChI=1S/C10H14N2O/c1-2-3-4-7-13-9-5-6-12-10(11)8-9/h2,5-6,8H,1,3-4,7H2,(H2,11,12). The third kappa shape index (κ3) is 3.60. The van der Waals surface area contributed by atoms with Gasteiger partial charge in [-0.3, -0.25) is 0 Å². The number of hydrogen-bond acceptors (Lipinski definition) is 3. The number of nitrogen functional groups attached to an aromatic ring is 1. The zero-order valence-corrected chi connectivity index (χ0v) is 7.57. The number of nitrogens with zero attached hydrogens (tertiary/aromatic N) is 1. The molecule has 0 amide bonds. The van der Waals surface area contributed by atoms with Gasteiger partial charge in [-0.05, 0) is 18.9 Å². The van der Waals surface area contributed by atoms with E-state index in [0.717, 1.165) is 18.6 Å². The van der Waals surface area contributed by atoms with Gasteiger partial charge >= 0.3 is 0 Å². The molecule has 1 aromatic heterocycles. The van der Waals surface area contributed by atoms with E-state index in [4.69, 9.17) is 10.5 Å². The van der Waals surface area contributed by atoms with Gasteiger partial charge in [0.15, 0.2) is 0 Å². The molecule has 0 saturated heterocycles. The number of allylic oxidation sites excluding steroid dienone is 1. The fourth-order valence-electron chi connectivity index (χ4n) is 0.935. The first kappa shape index (κ1) is 9.58. The SMILES string of the molecule is C=CCCCOc1ccnc(N)c1. The normalized spacial score (nSPS) is 9.54. The molecule has 1 heterocycles. The fraction of sp³-hybridized carbons (Fsp3) is 0.300. The van der Waals surface area contributed by atoms with E-state index in [9.17, 15) is 0 Å². The lowest BCUT2D eigenvalue weighted by Gasteiger charge is -2.04. The number of unbranched alkanes of at least 4 members (excludes halogenated alkanes) is 1. The Balaban J connectivity index is 2.32. The quantitative estimate of drug-likeness (QED) is 0.554. The molecular formula is C10H14N2O. The third-order valence-corrected chi connectivity index (χ3v) is 1.57. The van der Waals surface area contributed by atoms with Crippen molar-refractivity contribution in [3.05, 3.63) is 31.0 Å². The highest BCUT2D eigenvalue weighted by Crippen LogP contribution is 2.12. The minimum absolute atomic E-state index is 0.487. The molecule has 0 saturated carbocycles. The molecule has 2 N–H and O–H groups in total. The molecule has 0 radical (unpaired) electrons. The lowest BCUT2D eigenvalue weighted by molar-refractivity contribution is 0.312. The molecule has 70 valence electrons. The van der Waals surface area contributed by atoms with Crippen LogP contribution in [0.2, 0.25) is 0 Å². The van der Waals surface area contributed by atoms with E-state index in [2.05, 4.69) is 11.6 Å². The Morgan fingerprint density at radius 3 is 3.15 bits per heavy atom. The van der Waals surface area contributed by atoms with E-state index in [-0.39, 0.29) is 0 Å². The Bertz CT molecular complexity index is 273. The van der Waals surface area contributed by atoms with Crippen LogP contribution in [0.5, 0.6) is 5.75 Å². The van der Waals surface area contributed by atoms with E-state index in [1.165, 1.54) is 0 Å². The molecule has 3 nitrogen and oxygen atoms in total.